The summed E-state index contributed by atoms with van der Waals surface area (Å²) in [6.07, 6.45) is 1.33. The maximum absolute atomic E-state index is 14.2. The molecule has 1 N–H and O–H groups in total. The molecule has 3 rings (SSSR count). The van der Waals surface area contributed by atoms with Crippen LogP contribution < -0.4 is 10.2 Å². The zero-order chi connectivity index (χ0) is 20.1. The van der Waals surface area contributed by atoms with Gasteiger partial charge in [-0.3, -0.25) is 4.79 Å². The van der Waals surface area contributed by atoms with E-state index in [0.29, 0.717) is 44.5 Å². The minimum Gasteiger partial charge on any atom is -0.367 e. The number of nitrogens with zero attached hydrogens (tertiary/aromatic N) is 2. The number of nitrogens with one attached hydrogen (secondary N) is 1. The van der Waals surface area contributed by atoms with Crippen LogP contribution in [0.1, 0.15) is 24.0 Å². The molecule has 2 aromatic rings. The molecule has 1 aliphatic heterocycles. The lowest BCUT2D eigenvalue weighted by atomic mass is 9.95. The van der Waals surface area contributed by atoms with Crippen molar-refractivity contribution < 1.29 is 18.0 Å². The van der Waals surface area contributed by atoms with Crippen LogP contribution in [0.4, 0.5) is 18.9 Å². The van der Waals surface area contributed by atoms with Crippen molar-refractivity contribution in [2.24, 2.45) is 5.92 Å². The lowest BCUT2D eigenvalue weighted by Crippen LogP contribution is -2.41. The maximum Gasteiger partial charge on any atom is 0.223 e. The Balaban J connectivity index is 1.52. The van der Waals surface area contributed by atoms with Gasteiger partial charge in [0.2, 0.25) is 5.91 Å². The standard InChI is InChI=1S/C21H20F3N3O/c22-17-4-2-1-3-15(17)5-8-26-21(28)16-6-9-27(10-7-16)20-18(23)11-14(13-25)12-19(20)24/h1-4,11-12,16H,5-10H2,(H,26,28). The van der Waals surface area contributed by atoms with Crippen LogP contribution in [0.15, 0.2) is 36.4 Å². The minimum atomic E-state index is -0.774. The molecule has 0 aliphatic carbocycles. The Morgan fingerprint density at radius 2 is 1.75 bits per heavy atom. The van der Waals surface area contributed by atoms with Crippen LogP contribution in [0.3, 0.4) is 0 Å². The lowest BCUT2D eigenvalue weighted by molar-refractivity contribution is -0.125. The lowest BCUT2D eigenvalue weighted by Gasteiger charge is -2.33. The third-order valence-corrected chi connectivity index (χ3v) is 4.98. The molecule has 0 saturated carbocycles. The zero-order valence-electron chi connectivity index (χ0n) is 15.2. The summed E-state index contributed by atoms with van der Waals surface area (Å²) in [7, 11) is 0. The van der Waals surface area contributed by atoms with E-state index in [1.54, 1.807) is 29.2 Å². The number of hydrogen-bond donors (Lipinski definition) is 1. The van der Waals surface area contributed by atoms with E-state index >= 15 is 0 Å². The molecule has 0 radical (unpaired) electrons. The number of anilines is 1. The number of carbonyl (C=O) groups is 1. The van der Waals surface area contributed by atoms with Crippen molar-refractivity contribution in [3.05, 3.63) is 65.0 Å². The molecular weight excluding hydrogens is 367 g/mol. The first kappa shape index (κ1) is 19.7. The van der Waals surface area contributed by atoms with Crippen molar-refractivity contribution in [1.29, 1.82) is 5.26 Å². The smallest absolute Gasteiger partial charge is 0.223 e. The molecule has 0 unspecified atom stereocenters. The Morgan fingerprint density at radius 3 is 2.36 bits per heavy atom. The molecule has 0 bridgehead atoms. The van der Waals surface area contributed by atoms with Gasteiger partial charge in [-0.05, 0) is 43.0 Å². The van der Waals surface area contributed by atoms with Crippen LogP contribution >= 0.6 is 0 Å². The molecule has 28 heavy (non-hydrogen) atoms. The highest BCUT2D eigenvalue weighted by atomic mass is 19.1. The molecule has 0 atom stereocenters. The summed E-state index contributed by atoms with van der Waals surface area (Å²) < 4.78 is 41.9. The van der Waals surface area contributed by atoms with E-state index in [1.807, 2.05) is 0 Å². The first-order valence-electron chi connectivity index (χ1n) is 9.15. The van der Waals surface area contributed by atoms with Crippen molar-refractivity contribution in [1.82, 2.24) is 5.32 Å². The Kier molecular flexibility index (Phi) is 6.19. The second kappa shape index (κ2) is 8.79. The molecule has 146 valence electrons. The number of carbonyl (C=O) groups excluding carboxylic acids is 1. The van der Waals surface area contributed by atoms with Crippen LogP contribution in [0.25, 0.3) is 0 Å². The van der Waals surface area contributed by atoms with Crippen molar-refractivity contribution in [3.8, 4) is 6.07 Å². The summed E-state index contributed by atoms with van der Waals surface area (Å²) in [5.74, 6) is -2.22. The summed E-state index contributed by atoms with van der Waals surface area (Å²) >= 11 is 0. The fourth-order valence-corrected chi connectivity index (χ4v) is 3.46. The van der Waals surface area contributed by atoms with E-state index in [1.165, 1.54) is 6.07 Å². The van der Waals surface area contributed by atoms with Gasteiger partial charge in [0.1, 0.15) is 11.5 Å². The quantitative estimate of drug-likeness (QED) is 0.854. The molecule has 0 aromatic heterocycles. The van der Waals surface area contributed by atoms with E-state index in [-0.39, 0.29) is 28.9 Å². The fraction of sp³-hybridized carbons (Fsp3) is 0.333. The molecule has 1 saturated heterocycles. The minimum absolute atomic E-state index is 0.0668. The van der Waals surface area contributed by atoms with Gasteiger partial charge < -0.3 is 10.2 Å². The SMILES string of the molecule is N#Cc1cc(F)c(N2CCC(C(=O)NCCc3ccccc3F)CC2)c(F)c1. The highest BCUT2D eigenvalue weighted by Gasteiger charge is 2.28. The van der Waals surface area contributed by atoms with Crippen molar-refractivity contribution in [2.45, 2.75) is 19.3 Å². The van der Waals surface area contributed by atoms with E-state index in [0.717, 1.165) is 12.1 Å². The van der Waals surface area contributed by atoms with Gasteiger partial charge in [-0.15, -0.1) is 0 Å². The predicted molar refractivity (Wildman–Crippen MR) is 99.1 cm³/mol. The van der Waals surface area contributed by atoms with Gasteiger partial charge in [-0.2, -0.15) is 5.26 Å². The molecule has 0 spiro atoms. The number of nitriles is 1. The first-order valence-corrected chi connectivity index (χ1v) is 9.15. The van der Waals surface area contributed by atoms with Crippen LogP contribution in [-0.4, -0.2) is 25.5 Å². The van der Waals surface area contributed by atoms with Crippen LogP contribution in [-0.2, 0) is 11.2 Å². The normalized spacial score (nSPS) is 14.6. The van der Waals surface area contributed by atoms with E-state index in [9.17, 15) is 18.0 Å². The van der Waals surface area contributed by atoms with E-state index < -0.39 is 11.6 Å². The average molecular weight is 387 g/mol. The van der Waals surface area contributed by atoms with Crippen molar-refractivity contribution >= 4 is 11.6 Å². The number of halogens is 3. The zero-order valence-corrected chi connectivity index (χ0v) is 15.2. The third-order valence-electron chi connectivity index (χ3n) is 4.98. The van der Waals surface area contributed by atoms with Crippen LogP contribution in [0.5, 0.6) is 0 Å². The largest absolute Gasteiger partial charge is 0.367 e. The summed E-state index contributed by atoms with van der Waals surface area (Å²) in [6.45, 7) is 1.01. The van der Waals surface area contributed by atoms with Gasteiger partial charge in [0, 0.05) is 25.6 Å². The van der Waals surface area contributed by atoms with Crippen molar-refractivity contribution in [3.63, 3.8) is 0 Å². The fourth-order valence-electron chi connectivity index (χ4n) is 3.46. The van der Waals surface area contributed by atoms with Gasteiger partial charge in [-0.1, -0.05) is 18.2 Å². The molecular formula is C21H20F3N3O. The Labute approximate surface area is 161 Å². The Bertz CT molecular complexity index is 879. The molecule has 2 aromatic carbocycles. The highest BCUT2D eigenvalue weighted by molar-refractivity contribution is 5.79. The number of hydrogen-bond acceptors (Lipinski definition) is 3. The molecule has 1 amide bonds. The van der Waals surface area contributed by atoms with E-state index in [4.69, 9.17) is 5.26 Å². The Hall–Kier alpha value is -3.01. The summed E-state index contributed by atoms with van der Waals surface area (Å²) in [5.41, 5.74) is 0.324. The molecule has 7 heteroatoms. The second-order valence-corrected chi connectivity index (χ2v) is 6.79. The highest BCUT2D eigenvalue weighted by Crippen LogP contribution is 2.29. The van der Waals surface area contributed by atoms with Gasteiger partial charge in [-0.25, -0.2) is 13.2 Å². The number of piperidine rings is 1. The van der Waals surface area contributed by atoms with Gasteiger partial charge >= 0.3 is 0 Å². The van der Waals surface area contributed by atoms with Crippen LogP contribution in [0.2, 0.25) is 0 Å². The predicted octanol–water partition coefficient (Wildman–Crippen LogP) is 3.55. The van der Waals surface area contributed by atoms with Gasteiger partial charge in [0.15, 0.2) is 11.6 Å². The molecule has 4 nitrogen and oxygen atoms in total. The summed E-state index contributed by atoms with van der Waals surface area (Å²) in [5, 5.41) is 11.6. The van der Waals surface area contributed by atoms with Crippen molar-refractivity contribution in [2.75, 3.05) is 24.5 Å². The summed E-state index contributed by atoms with van der Waals surface area (Å²) in [6, 6.07) is 10.2. The van der Waals surface area contributed by atoms with Gasteiger partial charge in [0.05, 0.1) is 11.6 Å². The monoisotopic (exact) mass is 387 g/mol. The number of benzene rings is 2. The molecule has 1 fully saturated rings. The topological polar surface area (TPSA) is 56.1 Å². The second-order valence-electron chi connectivity index (χ2n) is 6.79. The average Bonchev–Trinajstić information content (AvgIpc) is 2.69. The Morgan fingerprint density at radius 1 is 1.11 bits per heavy atom. The third kappa shape index (κ3) is 4.45. The van der Waals surface area contributed by atoms with Gasteiger partial charge in [0.25, 0.3) is 0 Å². The number of amides is 1. The first-order chi connectivity index (χ1) is 13.5. The molecule has 1 heterocycles. The van der Waals surface area contributed by atoms with E-state index in [2.05, 4.69) is 5.32 Å². The number of rotatable bonds is 5. The maximum atomic E-state index is 14.2. The molecule has 1 aliphatic rings. The van der Waals surface area contributed by atoms with Crippen LogP contribution in [0, 0.1) is 34.7 Å². The summed E-state index contributed by atoms with van der Waals surface area (Å²) in [4.78, 5) is 13.9.